The zero-order valence-electron chi connectivity index (χ0n) is 15.7. The monoisotopic (exact) mass is 498 g/mol. The summed E-state index contributed by atoms with van der Waals surface area (Å²) in [6, 6.07) is 0. The molecular weight excluding hydrogens is 469 g/mol. The number of carbonyl (C=O) groups is 1. The summed E-state index contributed by atoms with van der Waals surface area (Å²) in [4.78, 5) is 22.1. The minimum absolute atomic E-state index is 0. The fourth-order valence-corrected chi connectivity index (χ4v) is 2.89. The molecule has 0 bridgehead atoms. The van der Waals surface area contributed by atoms with E-state index in [0.29, 0.717) is 25.5 Å². The van der Waals surface area contributed by atoms with Gasteiger partial charge in [0.15, 0.2) is 5.96 Å². The molecule has 0 unspecified atom stereocenters. The summed E-state index contributed by atoms with van der Waals surface area (Å²) in [7, 11) is 0. The van der Waals surface area contributed by atoms with Crippen molar-refractivity contribution < 1.29 is 13.6 Å². The van der Waals surface area contributed by atoms with E-state index in [2.05, 4.69) is 20.6 Å². The smallest absolute Gasteiger partial charge is 0.319 e. The number of alkyl halides is 2. The molecular formula is C17H29F2IN6O. The summed E-state index contributed by atoms with van der Waals surface area (Å²) < 4.78 is 26.5. The molecule has 10 heteroatoms. The Labute approximate surface area is 176 Å². The quantitative estimate of drug-likeness (QED) is 0.250. The lowest BCUT2D eigenvalue weighted by Gasteiger charge is -2.20. The summed E-state index contributed by atoms with van der Waals surface area (Å²) in [5.41, 5.74) is 0. The number of rotatable bonds is 8. The van der Waals surface area contributed by atoms with Crippen LogP contribution in [0.5, 0.6) is 0 Å². The van der Waals surface area contributed by atoms with Crippen molar-refractivity contribution in [2.45, 2.75) is 52.1 Å². The van der Waals surface area contributed by atoms with Gasteiger partial charge in [0.1, 0.15) is 12.4 Å². The normalized spacial score (nSPS) is 15.5. The molecule has 0 saturated carbocycles. The second kappa shape index (κ2) is 12.8. The predicted octanol–water partition coefficient (Wildman–Crippen LogP) is 2.74. The lowest BCUT2D eigenvalue weighted by atomic mass is 10.2. The SMILES string of the molecule is CCNC(=NCc1nccn1C(F)F)NCCCN1CCCCCC1=O.I. The molecule has 27 heavy (non-hydrogen) atoms. The van der Waals surface area contributed by atoms with Gasteiger partial charge in [-0.05, 0) is 26.2 Å². The van der Waals surface area contributed by atoms with Gasteiger partial charge in [0, 0.05) is 45.0 Å². The number of carbonyl (C=O) groups excluding carboxylic acids is 1. The molecule has 2 rings (SSSR count). The highest BCUT2D eigenvalue weighted by atomic mass is 127. The highest BCUT2D eigenvalue weighted by Crippen LogP contribution is 2.13. The second-order valence-electron chi connectivity index (χ2n) is 6.20. The standard InChI is InChI=1S/C17H28F2N6O.HI/c1-2-20-17(23-13-14-21-9-12-25(14)16(18)19)22-8-6-11-24-10-5-3-4-7-15(24)26;/h9,12,16H,2-8,10-11,13H2,1H3,(H2,20,22,23);1H. The van der Waals surface area contributed by atoms with Crippen LogP contribution in [0.1, 0.15) is 51.4 Å². The molecule has 1 saturated heterocycles. The van der Waals surface area contributed by atoms with E-state index in [4.69, 9.17) is 0 Å². The predicted molar refractivity (Wildman–Crippen MR) is 111 cm³/mol. The third-order valence-electron chi connectivity index (χ3n) is 4.25. The van der Waals surface area contributed by atoms with Crippen molar-refractivity contribution in [3.8, 4) is 0 Å². The van der Waals surface area contributed by atoms with E-state index in [1.807, 2.05) is 11.8 Å². The van der Waals surface area contributed by atoms with Gasteiger partial charge in [0.25, 0.3) is 0 Å². The van der Waals surface area contributed by atoms with Crippen LogP contribution in [-0.4, -0.2) is 52.5 Å². The molecule has 154 valence electrons. The number of hydrogen-bond donors (Lipinski definition) is 2. The number of likely N-dealkylation sites (tertiary alicyclic amines) is 1. The van der Waals surface area contributed by atoms with Crippen LogP contribution >= 0.6 is 24.0 Å². The Balaban J connectivity index is 0.00000364. The molecule has 0 radical (unpaired) electrons. The zero-order chi connectivity index (χ0) is 18.8. The van der Waals surface area contributed by atoms with Crippen LogP contribution in [-0.2, 0) is 11.3 Å². The van der Waals surface area contributed by atoms with E-state index < -0.39 is 6.55 Å². The van der Waals surface area contributed by atoms with E-state index in [1.54, 1.807) is 0 Å². The molecule has 1 aromatic heterocycles. The highest BCUT2D eigenvalue weighted by Gasteiger charge is 2.15. The van der Waals surface area contributed by atoms with Crippen LogP contribution in [0.25, 0.3) is 0 Å². The molecule has 1 amide bonds. The average molecular weight is 498 g/mol. The summed E-state index contributed by atoms with van der Waals surface area (Å²) in [6.07, 6.45) is 7.21. The zero-order valence-corrected chi connectivity index (χ0v) is 18.0. The largest absolute Gasteiger partial charge is 0.357 e. The Kier molecular flexibility index (Phi) is 11.2. The summed E-state index contributed by atoms with van der Waals surface area (Å²) in [5.74, 6) is 1.01. The van der Waals surface area contributed by atoms with Crippen molar-refractivity contribution in [2.24, 2.45) is 4.99 Å². The molecule has 0 aromatic carbocycles. The molecule has 0 spiro atoms. The molecule has 0 atom stereocenters. The van der Waals surface area contributed by atoms with Crippen LogP contribution in [0, 0.1) is 0 Å². The van der Waals surface area contributed by atoms with Gasteiger partial charge in [0.05, 0.1) is 0 Å². The molecule has 1 aliphatic heterocycles. The van der Waals surface area contributed by atoms with Crippen LogP contribution in [0.2, 0.25) is 0 Å². The maximum absolute atomic E-state index is 12.8. The van der Waals surface area contributed by atoms with Crippen LogP contribution in [0.3, 0.4) is 0 Å². The number of amides is 1. The van der Waals surface area contributed by atoms with Crippen molar-refractivity contribution in [3.05, 3.63) is 18.2 Å². The van der Waals surface area contributed by atoms with Crippen molar-refractivity contribution in [1.82, 2.24) is 25.1 Å². The Morgan fingerprint density at radius 1 is 1.33 bits per heavy atom. The van der Waals surface area contributed by atoms with Crippen LogP contribution < -0.4 is 10.6 Å². The topological polar surface area (TPSA) is 74.6 Å². The van der Waals surface area contributed by atoms with Gasteiger partial charge in [-0.1, -0.05) is 6.42 Å². The second-order valence-corrected chi connectivity index (χ2v) is 6.20. The highest BCUT2D eigenvalue weighted by molar-refractivity contribution is 14.0. The van der Waals surface area contributed by atoms with Gasteiger partial charge in [-0.3, -0.25) is 9.36 Å². The Morgan fingerprint density at radius 2 is 2.15 bits per heavy atom. The molecule has 1 fully saturated rings. The number of halogens is 3. The maximum Gasteiger partial charge on any atom is 0.319 e. The van der Waals surface area contributed by atoms with Gasteiger partial charge < -0.3 is 15.5 Å². The van der Waals surface area contributed by atoms with Crippen molar-refractivity contribution in [1.29, 1.82) is 0 Å². The van der Waals surface area contributed by atoms with Crippen molar-refractivity contribution in [2.75, 3.05) is 26.2 Å². The molecule has 0 aliphatic carbocycles. The van der Waals surface area contributed by atoms with E-state index >= 15 is 0 Å². The first-order chi connectivity index (χ1) is 12.6. The minimum Gasteiger partial charge on any atom is -0.357 e. The fraction of sp³-hybridized carbons (Fsp3) is 0.706. The van der Waals surface area contributed by atoms with Crippen LogP contribution in [0.4, 0.5) is 8.78 Å². The summed E-state index contributed by atoms with van der Waals surface area (Å²) >= 11 is 0. The van der Waals surface area contributed by atoms with Crippen molar-refractivity contribution in [3.63, 3.8) is 0 Å². The first-order valence-electron chi connectivity index (χ1n) is 9.21. The first-order valence-corrected chi connectivity index (χ1v) is 9.21. The third-order valence-corrected chi connectivity index (χ3v) is 4.25. The molecule has 7 nitrogen and oxygen atoms in total. The number of nitrogens with one attached hydrogen (secondary N) is 2. The number of guanidine groups is 1. The molecule has 1 aromatic rings. The molecule has 1 aliphatic rings. The van der Waals surface area contributed by atoms with Gasteiger partial charge in [-0.25, -0.2) is 9.98 Å². The average Bonchev–Trinajstić information content (AvgIpc) is 3.00. The van der Waals surface area contributed by atoms with E-state index in [-0.39, 0.29) is 42.3 Å². The van der Waals surface area contributed by atoms with E-state index in [0.717, 1.165) is 43.3 Å². The lowest BCUT2D eigenvalue weighted by Crippen LogP contribution is -2.39. The Bertz CT molecular complexity index is 596. The van der Waals surface area contributed by atoms with E-state index in [1.165, 1.54) is 12.4 Å². The van der Waals surface area contributed by atoms with Gasteiger partial charge in [-0.15, -0.1) is 24.0 Å². The Morgan fingerprint density at radius 3 is 2.89 bits per heavy atom. The molecule has 2 N–H and O–H groups in total. The van der Waals surface area contributed by atoms with Gasteiger partial charge >= 0.3 is 6.55 Å². The number of aliphatic imine (C=N–C) groups is 1. The molecule has 2 heterocycles. The third kappa shape index (κ3) is 7.97. The van der Waals surface area contributed by atoms with E-state index in [9.17, 15) is 13.6 Å². The number of aromatic nitrogens is 2. The summed E-state index contributed by atoms with van der Waals surface area (Å²) in [5, 5.41) is 6.26. The number of nitrogens with zero attached hydrogens (tertiary/aromatic N) is 4. The minimum atomic E-state index is -2.62. The number of imidazole rings is 1. The Hall–Kier alpha value is -1.46. The number of hydrogen-bond acceptors (Lipinski definition) is 3. The first kappa shape index (κ1) is 23.6. The van der Waals surface area contributed by atoms with Gasteiger partial charge in [0.2, 0.25) is 5.91 Å². The van der Waals surface area contributed by atoms with Gasteiger partial charge in [-0.2, -0.15) is 8.78 Å². The fourth-order valence-electron chi connectivity index (χ4n) is 2.89. The lowest BCUT2D eigenvalue weighted by molar-refractivity contribution is -0.130. The maximum atomic E-state index is 12.8. The van der Waals surface area contributed by atoms with Crippen molar-refractivity contribution >= 4 is 35.8 Å². The van der Waals surface area contributed by atoms with Crippen LogP contribution in [0.15, 0.2) is 17.4 Å². The summed E-state index contributed by atoms with van der Waals surface area (Å²) in [6.45, 7) is 2.26.